The highest BCUT2D eigenvalue weighted by atomic mass is 19.4. The van der Waals surface area contributed by atoms with Crippen molar-refractivity contribution in [1.82, 2.24) is 9.47 Å². The minimum absolute atomic E-state index is 0.317. The molecule has 0 unspecified atom stereocenters. The molecule has 1 aromatic heterocycles. The first-order valence-corrected chi connectivity index (χ1v) is 8.46. The van der Waals surface area contributed by atoms with Crippen molar-refractivity contribution in [1.29, 1.82) is 0 Å². The molecule has 138 valence electrons. The van der Waals surface area contributed by atoms with Crippen LogP contribution in [0.4, 0.5) is 18.9 Å². The zero-order valence-electron chi connectivity index (χ0n) is 14.8. The van der Waals surface area contributed by atoms with E-state index in [4.69, 9.17) is 4.74 Å². The van der Waals surface area contributed by atoms with E-state index in [1.165, 1.54) is 11.7 Å². The Bertz CT molecular complexity index is 746. The monoisotopic (exact) mass is 355 g/mol. The van der Waals surface area contributed by atoms with Gasteiger partial charge < -0.3 is 19.5 Å². The van der Waals surface area contributed by atoms with Crippen molar-refractivity contribution < 1.29 is 17.9 Å². The maximum atomic E-state index is 12.9. The van der Waals surface area contributed by atoms with E-state index in [2.05, 4.69) is 17.3 Å². The van der Waals surface area contributed by atoms with Crippen LogP contribution in [0, 0.1) is 6.92 Å². The number of likely N-dealkylation sites (tertiary alicyclic amines) is 1. The molecule has 0 radical (unpaired) electrons. The van der Waals surface area contributed by atoms with Crippen LogP contribution in [-0.4, -0.2) is 48.9 Å². The lowest BCUT2D eigenvalue weighted by molar-refractivity contribution is -0.140. The summed E-state index contributed by atoms with van der Waals surface area (Å²) >= 11 is 0. The van der Waals surface area contributed by atoms with E-state index in [9.17, 15) is 13.2 Å². The molecule has 0 bridgehead atoms. The number of nitrogens with one attached hydrogen (secondary N) is 1. The average molecular weight is 355 g/mol. The van der Waals surface area contributed by atoms with E-state index in [1.54, 1.807) is 13.0 Å². The van der Waals surface area contributed by atoms with Crippen molar-refractivity contribution in [3.8, 4) is 5.75 Å². The van der Waals surface area contributed by atoms with Gasteiger partial charge in [0.25, 0.3) is 0 Å². The Morgan fingerprint density at radius 3 is 2.48 bits per heavy atom. The number of anilines is 1. The van der Waals surface area contributed by atoms with Crippen molar-refractivity contribution in [2.24, 2.45) is 0 Å². The van der Waals surface area contributed by atoms with Crippen molar-refractivity contribution in [3.63, 3.8) is 0 Å². The number of hydrogen-bond acceptors (Lipinski definition) is 3. The SMILES string of the molecule is COc1cc(NC2CCN(C)CC2)c2cc(C)n(CC(F)(F)F)c2c1. The third kappa shape index (κ3) is 4.03. The summed E-state index contributed by atoms with van der Waals surface area (Å²) in [5, 5.41) is 4.33. The van der Waals surface area contributed by atoms with Crippen LogP contribution in [-0.2, 0) is 6.54 Å². The molecule has 3 rings (SSSR count). The molecule has 1 aliphatic rings. The van der Waals surface area contributed by atoms with Crippen LogP contribution in [0.15, 0.2) is 18.2 Å². The van der Waals surface area contributed by atoms with Gasteiger partial charge in [-0.15, -0.1) is 0 Å². The summed E-state index contributed by atoms with van der Waals surface area (Å²) in [7, 11) is 3.63. The van der Waals surface area contributed by atoms with Crippen molar-refractivity contribution in [2.75, 3.05) is 32.6 Å². The molecule has 2 heterocycles. The van der Waals surface area contributed by atoms with Crippen molar-refractivity contribution in [3.05, 3.63) is 23.9 Å². The highest BCUT2D eigenvalue weighted by Gasteiger charge is 2.30. The molecule has 1 N–H and O–H groups in total. The van der Waals surface area contributed by atoms with Crippen LogP contribution >= 0.6 is 0 Å². The molecule has 1 saturated heterocycles. The van der Waals surface area contributed by atoms with E-state index in [0.29, 0.717) is 23.0 Å². The molecular weight excluding hydrogens is 331 g/mol. The summed E-state index contributed by atoms with van der Waals surface area (Å²) in [5.74, 6) is 0.560. The van der Waals surface area contributed by atoms with Crippen LogP contribution in [0.5, 0.6) is 5.75 Å². The highest BCUT2D eigenvalue weighted by molar-refractivity contribution is 5.95. The molecule has 0 amide bonds. The first-order chi connectivity index (χ1) is 11.8. The third-order valence-corrected chi connectivity index (χ3v) is 4.85. The Labute approximate surface area is 145 Å². The number of fused-ring (bicyclic) bond motifs is 1. The number of hydrogen-bond donors (Lipinski definition) is 1. The fourth-order valence-electron chi connectivity index (χ4n) is 3.46. The first-order valence-electron chi connectivity index (χ1n) is 8.46. The van der Waals surface area contributed by atoms with E-state index < -0.39 is 12.7 Å². The Kier molecular flexibility index (Phi) is 4.86. The fraction of sp³-hybridized carbons (Fsp3) is 0.556. The van der Waals surface area contributed by atoms with E-state index in [-0.39, 0.29) is 0 Å². The molecule has 1 aromatic carbocycles. The zero-order chi connectivity index (χ0) is 18.2. The van der Waals surface area contributed by atoms with E-state index in [0.717, 1.165) is 37.0 Å². The number of benzene rings is 1. The number of methoxy groups -OCH3 is 1. The highest BCUT2D eigenvalue weighted by Crippen LogP contribution is 2.34. The van der Waals surface area contributed by atoms with Gasteiger partial charge in [-0.05, 0) is 46.0 Å². The summed E-state index contributed by atoms with van der Waals surface area (Å²) in [6, 6.07) is 5.68. The molecule has 2 aromatic rings. The number of aryl methyl sites for hydroxylation is 1. The summed E-state index contributed by atoms with van der Waals surface area (Å²) in [6.07, 6.45) is -2.24. The number of ether oxygens (including phenoxy) is 1. The zero-order valence-corrected chi connectivity index (χ0v) is 14.8. The molecule has 25 heavy (non-hydrogen) atoms. The normalized spacial score (nSPS) is 17.2. The third-order valence-electron chi connectivity index (χ3n) is 4.85. The molecule has 4 nitrogen and oxygen atoms in total. The summed E-state index contributed by atoms with van der Waals surface area (Å²) in [4.78, 5) is 2.28. The quantitative estimate of drug-likeness (QED) is 0.898. The van der Waals surface area contributed by atoms with Gasteiger partial charge in [-0.1, -0.05) is 0 Å². The van der Waals surface area contributed by atoms with Crippen LogP contribution < -0.4 is 10.1 Å². The van der Waals surface area contributed by atoms with E-state index in [1.807, 2.05) is 12.1 Å². The second-order valence-corrected chi connectivity index (χ2v) is 6.82. The van der Waals surface area contributed by atoms with Crippen molar-refractivity contribution in [2.45, 2.75) is 38.5 Å². The largest absolute Gasteiger partial charge is 0.497 e. The van der Waals surface area contributed by atoms with E-state index >= 15 is 0 Å². The van der Waals surface area contributed by atoms with Gasteiger partial charge in [0.2, 0.25) is 0 Å². The van der Waals surface area contributed by atoms with Crippen LogP contribution in [0.3, 0.4) is 0 Å². The molecular formula is C18H24F3N3O. The van der Waals surface area contributed by atoms with Crippen LogP contribution in [0.1, 0.15) is 18.5 Å². The number of halogens is 3. The van der Waals surface area contributed by atoms with Crippen LogP contribution in [0.25, 0.3) is 10.9 Å². The summed E-state index contributed by atoms with van der Waals surface area (Å²) in [6.45, 7) is 2.73. The minimum atomic E-state index is -4.26. The molecule has 0 saturated carbocycles. The smallest absolute Gasteiger partial charge is 0.406 e. The second-order valence-electron chi connectivity index (χ2n) is 6.82. The fourth-order valence-corrected chi connectivity index (χ4v) is 3.46. The van der Waals surface area contributed by atoms with Gasteiger partial charge in [-0.25, -0.2) is 0 Å². The lowest BCUT2D eigenvalue weighted by atomic mass is 10.0. The Balaban J connectivity index is 1.98. The maximum Gasteiger partial charge on any atom is 0.406 e. The predicted molar refractivity (Wildman–Crippen MR) is 93.4 cm³/mol. The van der Waals surface area contributed by atoms with Crippen LogP contribution in [0.2, 0.25) is 0 Å². The predicted octanol–water partition coefficient (Wildman–Crippen LogP) is 4.03. The molecule has 1 fully saturated rings. The topological polar surface area (TPSA) is 29.4 Å². The van der Waals surface area contributed by atoms with Gasteiger partial charge in [0.05, 0.1) is 12.6 Å². The standard InChI is InChI=1S/C18H24F3N3O/c1-12-8-15-16(22-13-4-6-23(2)7-5-13)9-14(25-3)10-17(15)24(12)11-18(19,20)21/h8-10,13,22H,4-7,11H2,1-3H3. The first kappa shape index (κ1) is 17.9. The van der Waals surface area contributed by atoms with Gasteiger partial charge in [0.15, 0.2) is 0 Å². The Morgan fingerprint density at radius 1 is 1.20 bits per heavy atom. The van der Waals surface area contributed by atoms with Gasteiger partial charge in [0.1, 0.15) is 12.3 Å². The number of nitrogens with zero attached hydrogens (tertiary/aromatic N) is 2. The number of aromatic nitrogens is 1. The van der Waals surface area contributed by atoms with Gasteiger partial charge in [-0.3, -0.25) is 0 Å². The minimum Gasteiger partial charge on any atom is -0.497 e. The summed E-state index contributed by atoms with van der Waals surface area (Å²) in [5.41, 5.74) is 1.98. The molecule has 0 spiro atoms. The lowest BCUT2D eigenvalue weighted by Gasteiger charge is -2.30. The van der Waals surface area contributed by atoms with Gasteiger partial charge in [0, 0.05) is 34.9 Å². The lowest BCUT2D eigenvalue weighted by Crippen LogP contribution is -2.36. The Morgan fingerprint density at radius 2 is 1.88 bits per heavy atom. The molecule has 0 aliphatic carbocycles. The number of piperidine rings is 1. The summed E-state index contributed by atoms with van der Waals surface area (Å²) < 4.78 is 45.5. The van der Waals surface area contributed by atoms with Gasteiger partial charge in [-0.2, -0.15) is 13.2 Å². The molecule has 7 heteroatoms. The maximum absolute atomic E-state index is 12.9. The number of alkyl halides is 3. The molecule has 0 atom stereocenters. The average Bonchev–Trinajstić information content (AvgIpc) is 2.84. The second kappa shape index (κ2) is 6.78. The molecule has 1 aliphatic heterocycles. The van der Waals surface area contributed by atoms with Gasteiger partial charge >= 0.3 is 6.18 Å². The Hall–Kier alpha value is -1.89. The van der Waals surface area contributed by atoms with Crippen molar-refractivity contribution >= 4 is 16.6 Å². The number of rotatable bonds is 4.